The Labute approximate surface area is 154 Å². The van der Waals surface area contributed by atoms with Crippen molar-refractivity contribution in [3.63, 3.8) is 0 Å². The van der Waals surface area contributed by atoms with Crippen LogP contribution in [0.15, 0.2) is 24.3 Å². The van der Waals surface area contributed by atoms with Gasteiger partial charge >= 0.3 is 0 Å². The van der Waals surface area contributed by atoms with Crippen LogP contribution in [0.4, 0.5) is 0 Å². The summed E-state index contributed by atoms with van der Waals surface area (Å²) in [5.74, 6) is 0.436. The molecule has 0 amide bonds. The van der Waals surface area contributed by atoms with Crippen molar-refractivity contribution in [1.29, 1.82) is 0 Å². The van der Waals surface area contributed by atoms with Gasteiger partial charge in [-0.3, -0.25) is 0 Å². The van der Waals surface area contributed by atoms with Crippen molar-refractivity contribution in [3.8, 4) is 5.75 Å². The molecule has 0 atom stereocenters. The van der Waals surface area contributed by atoms with E-state index in [-0.39, 0.29) is 10.8 Å². The van der Waals surface area contributed by atoms with Gasteiger partial charge in [-0.05, 0) is 58.1 Å². The van der Waals surface area contributed by atoms with Gasteiger partial charge in [-0.1, -0.05) is 78.3 Å². The Hall–Kier alpha value is -1.76. The first kappa shape index (κ1) is 19.6. The van der Waals surface area contributed by atoms with Crippen LogP contribution in [0.3, 0.4) is 0 Å². The molecule has 0 unspecified atom stereocenters. The zero-order chi connectivity index (χ0) is 19.0. The average Bonchev–Trinajstić information content (AvgIpc) is 2.48. The lowest BCUT2D eigenvalue weighted by molar-refractivity contribution is 0.441. The Bertz CT molecular complexity index is 755. The van der Waals surface area contributed by atoms with Gasteiger partial charge in [0.15, 0.2) is 0 Å². The van der Waals surface area contributed by atoms with E-state index < -0.39 is 0 Å². The lowest BCUT2D eigenvalue weighted by Gasteiger charge is -2.24. The Balaban J connectivity index is 2.52. The van der Waals surface area contributed by atoms with E-state index in [0.717, 1.165) is 23.1 Å². The smallest absolute Gasteiger partial charge is 0.122 e. The minimum Gasteiger partial charge on any atom is -0.507 e. The van der Waals surface area contributed by atoms with Crippen LogP contribution in [0.5, 0.6) is 5.75 Å². The molecule has 0 spiro atoms. The van der Waals surface area contributed by atoms with Gasteiger partial charge in [0.2, 0.25) is 0 Å². The zero-order valence-electron chi connectivity index (χ0n) is 17.2. The van der Waals surface area contributed by atoms with Crippen molar-refractivity contribution in [2.45, 2.75) is 79.1 Å². The second-order valence-corrected chi connectivity index (χ2v) is 9.28. The summed E-state index contributed by atoms with van der Waals surface area (Å²) in [5, 5.41) is 10.9. The predicted octanol–water partition coefficient (Wildman–Crippen LogP) is 6.25. The molecule has 1 radical (unpaired) electrons. The van der Waals surface area contributed by atoms with E-state index >= 15 is 0 Å². The first-order valence-electron chi connectivity index (χ1n) is 9.30. The maximum atomic E-state index is 10.9. The molecule has 25 heavy (non-hydrogen) atoms. The third-order valence-corrected chi connectivity index (χ3v) is 4.72. The largest absolute Gasteiger partial charge is 0.507 e. The molecule has 0 aliphatic carbocycles. The van der Waals surface area contributed by atoms with E-state index in [2.05, 4.69) is 85.7 Å². The third kappa shape index (κ3) is 4.66. The van der Waals surface area contributed by atoms with Gasteiger partial charge in [-0.25, -0.2) is 0 Å². The van der Waals surface area contributed by atoms with E-state index in [1.807, 2.05) is 0 Å². The number of benzene rings is 2. The quantitative estimate of drug-likeness (QED) is 0.702. The SMILES string of the molecule is CCc1cc(Cc2cc(C)cc(C(C)(C)C)c2O)[c]c(C(C)(C)C)c1. The molecule has 0 heterocycles. The number of phenolic OH excluding ortho intramolecular Hbond substituents is 1. The molecule has 0 fully saturated rings. The predicted molar refractivity (Wildman–Crippen MR) is 108 cm³/mol. The van der Waals surface area contributed by atoms with Crippen molar-refractivity contribution in [3.05, 3.63) is 63.7 Å². The Morgan fingerprint density at radius 3 is 2.08 bits per heavy atom. The number of hydrogen-bond donors (Lipinski definition) is 1. The van der Waals surface area contributed by atoms with Crippen LogP contribution in [-0.2, 0) is 23.7 Å². The van der Waals surface area contributed by atoms with Crippen molar-refractivity contribution < 1.29 is 5.11 Å². The third-order valence-electron chi connectivity index (χ3n) is 4.72. The Kier molecular flexibility index (Phi) is 5.37. The summed E-state index contributed by atoms with van der Waals surface area (Å²) < 4.78 is 0. The van der Waals surface area contributed by atoms with Crippen molar-refractivity contribution in [2.75, 3.05) is 0 Å². The maximum Gasteiger partial charge on any atom is 0.122 e. The summed E-state index contributed by atoms with van der Waals surface area (Å²) in [6.07, 6.45) is 1.73. The number of aryl methyl sites for hydroxylation is 2. The lowest BCUT2D eigenvalue weighted by Crippen LogP contribution is -2.14. The number of hydrogen-bond acceptors (Lipinski definition) is 1. The fourth-order valence-corrected chi connectivity index (χ4v) is 3.16. The molecule has 135 valence electrons. The topological polar surface area (TPSA) is 20.2 Å². The van der Waals surface area contributed by atoms with Crippen LogP contribution in [0.25, 0.3) is 0 Å². The van der Waals surface area contributed by atoms with Crippen LogP contribution in [0.2, 0.25) is 0 Å². The second-order valence-electron chi connectivity index (χ2n) is 9.28. The molecule has 0 aliphatic heterocycles. The highest BCUT2D eigenvalue weighted by atomic mass is 16.3. The van der Waals surface area contributed by atoms with Gasteiger partial charge in [0.1, 0.15) is 5.75 Å². The summed E-state index contributed by atoms with van der Waals surface area (Å²) in [6, 6.07) is 12.3. The van der Waals surface area contributed by atoms with Crippen LogP contribution < -0.4 is 0 Å². The summed E-state index contributed by atoms with van der Waals surface area (Å²) in [4.78, 5) is 0. The molecule has 0 aromatic heterocycles. The van der Waals surface area contributed by atoms with Gasteiger partial charge in [0.05, 0.1) is 0 Å². The lowest BCUT2D eigenvalue weighted by atomic mass is 9.82. The summed E-state index contributed by atoms with van der Waals surface area (Å²) >= 11 is 0. The number of phenols is 1. The zero-order valence-corrected chi connectivity index (χ0v) is 17.2. The molecule has 1 nitrogen and oxygen atoms in total. The van der Waals surface area contributed by atoms with Crippen molar-refractivity contribution in [2.24, 2.45) is 0 Å². The monoisotopic (exact) mass is 337 g/mol. The fourth-order valence-electron chi connectivity index (χ4n) is 3.16. The summed E-state index contributed by atoms with van der Waals surface area (Å²) in [5.41, 5.74) is 6.94. The highest BCUT2D eigenvalue weighted by Crippen LogP contribution is 2.36. The van der Waals surface area contributed by atoms with Gasteiger partial charge in [-0.15, -0.1) is 0 Å². The van der Waals surface area contributed by atoms with E-state index in [1.54, 1.807) is 0 Å². The van der Waals surface area contributed by atoms with Crippen molar-refractivity contribution in [1.82, 2.24) is 0 Å². The molecular weight excluding hydrogens is 304 g/mol. The second kappa shape index (κ2) is 6.86. The molecule has 0 bridgehead atoms. The minimum absolute atomic E-state index is 0.0730. The highest BCUT2D eigenvalue weighted by molar-refractivity contribution is 5.49. The maximum absolute atomic E-state index is 10.9. The molecular formula is C24H33O. The molecule has 2 aromatic carbocycles. The first-order chi connectivity index (χ1) is 11.4. The van der Waals surface area contributed by atoms with Crippen LogP contribution in [0, 0.1) is 13.0 Å². The molecule has 0 saturated heterocycles. The van der Waals surface area contributed by atoms with Gasteiger partial charge in [-0.2, -0.15) is 0 Å². The van der Waals surface area contributed by atoms with Gasteiger partial charge in [0.25, 0.3) is 0 Å². The summed E-state index contributed by atoms with van der Waals surface area (Å²) in [7, 11) is 0. The first-order valence-corrected chi connectivity index (χ1v) is 9.30. The Morgan fingerprint density at radius 1 is 0.920 bits per heavy atom. The van der Waals surface area contributed by atoms with E-state index in [0.29, 0.717) is 12.2 Å². The molecule has 1 N–H and O–H groups in total. The summed E-state index contributed by atoms with van der Waals surface area (Å²) in [6.45, 7) is 17.4. The number of rotatable bonds is 3. The van der Waals surface area contributed by atoms with Crippen LogP contribution in [0.1, 0.15) is 81.8 Å². The van der Waals surface area contributed by atoms with Crippen LogP contribution in [-0.4, -0.2) is 5.11 Å². The van der Waals surface area contributed by atoms with Gasteiger partial charge < -0.3 is 5.11 Å². The standard InChI is InChI=1S/C24H33O/c1-9-17-12-18(15-20(14-17)23(3,4)5)13-19-10-16(2)11-21(22(19)25)24(6,7)8/h10-12,14,25H,9,13H2,1-8H3. The molecule has 0 aliphatic rings. The molecule has 0 saturated carbocycles. The van der Waals surface area contributed by atoms with E-state index in [9.17, 15) is 5.11 Å². The Morgan fingerprint density at radius 2 is 1.56 bits per heavy atom. The van der Waals surface area contributed by atoms with E-state index in [4.69, 9.17) is 0 Å². The number of aromatic hydroxyl groups is 1. The highest BCUT2D eigenvalue weighted by Gasteiger charge is 2.21. The molecule has 2 aromatic rings. The van der Waals surface area contributed by atoms with Crippen LogP contribution >= 0.6 is 0 Å². The van der Waals surface area contributed by atoms with E-state index in [1.165, 1.54) is 16.7 Å². The average molecular weight is 338 g/mol. The van der Waals surface area contributed by atoms with Crippen molar-refractivity contribution >= 4 is 0 Å². The van der Waals surface area contributed by atoms with Gasteiger partial charge in [0, 0.05) is 6.42 Å². The normalized spacial score (nSPS) is 12.5. The molecule has 2 rings (SSSR count). The fraction of sp³-hybridized carbons (Fsp3) is 0.500. The molecule has 1 heteroatoms. The minimum atomic E-state index is -0.0730.